The van der Waals surface area contributed by atoms with E-state index in [0.29, 0.717) is 18.4 Å². The molecule has 1 aromatic rings. The van der Waals surface area contributed by atoms with Gasteiger partial charge in [-0.15, -0.1) is 0 Å². The summed E-state index contributed by atoms with van der Waals surface area (Å²) < 4.78 is 13.4. The minimum Gasteiger partial charge on any atom is -0.384 e. The van der Waals surface area contributed by atoms with Crippen LogP contribution in [0, 0.1) is 28.0 Å². The van der Waals surface area contributed by atoms with Crippen molar-refractivity contribution in [3.05, 3.63) is 35.6 Å². The van der Waals surface area contributed by atoms with E-state index in [1.807, 2.05) is 0 Å². The van der Waals surface area contributed by atoms with Crippen molar-refractivity contribution < 1.29 is 9.50 Å². The summed E-state index contributed by atoms with van der Waals surface area (Å²) in [7, 11) is 0. The van der Waals surface area contributed by atoms with Crippen molar-refractivity contribution >= 4 is 0 Å². The summed E-state index contributed by atoms with van der Waals surface area (Å²) in [5, 5.41) is 20.6. The zero-order valence-electron chi connectivity index (χ0n) is 12.4. The highest BCUT2D eigenvalue weighted by Gasteiger charge is 2.51. The van der Waals surface area contributed by atoms with Gasteiger partial charge in [-0.25, -0.2) is 4.39 Å². The topological polar surface area (TPSA) is 44.0 Å². The van der Waals surface area contributed by atoms with Gasteiger partial charge in [-0.3, -0.25) is 0 Å². The molecule has 0 bridgehead atoms. The molecular weight excluding hydrogens is 253 g/mol. The molecular formula is C17H22FNO. The van der Waals surface area contributed by atoms with Gasteiger partial charge in [0.25, 0.3) is 0 Å². The molecule has 0 heterocycles. The normalized spacial score (nSPS) is 23.6. The molecule has 0 spiro atoms. The lowest BCUT2D eigenvalue weighted by molar-refractivity contribution is -0.0774. The van der Waals surface area contributed by atoms with Gasteiger partial charge in [0.05, 0.1) is 11.5 Å². The van der Waals surface area contributed by atoms with Crippen molar-refractivity contribution in [2.75, 3.05) is 0 Å². The van der Waals surface area contributed by atoms with Crippen LogP contribution in [0.25, 0.3) is 0 Å². The summed E-state index contributed by atoms with van der Waals surface area (Å²) in [5.41, 5.74) is -1.48. The van der Waals surface area contributed by atoms with E-state index in [0.717, 1.165) is 12.8 Å². The lowest BCUT2D eigenvalue weighted by Crippen LogP contribution is -2.46. The molecule has 0 aliphatic heterocycles. The van der Waals surface area contributed by atoms with Gasteiger partial charge in [0, 0.05) is 0 Å². The van der Waals surface area contributed by atoms with Crippen LogP contribution in [0.4, 0.5) is 4.39 Å². The van der Waals surface area contributed by atoms with E-state index in [4.69, 9.17) is 0 Å². The molecule has 0 amide bonds. The molecule has 1 aliphatic carbocycles. The van der Waals surface area contributed by atoms with Gasteiger partial charge in [-0.05, 0) is 55.7 Å². The maximum absolute atomic E-state index is 13.4. The fraction of sp³-hybridized carbons (Fsp3) is 0.588. The molecule has 1 N–H and O–H groups in total. The summed E-state index contributed by atoms with van der Waals surface area (Å²) in [4.78, 5) is 0. The van der Waals surface area contributed by atoms with E-state index in [2.05, 4.69) is 19.9 Å². The molecule has 3 heteroatoms. The van der Waals surface area contributed by atoms with E-state index in [-0.39, 0.29) is 11.2 Å². The second-order valence-electron chi connectivity index (χ2n) is 6.94. The van der Waals surface area contributed by atoms with Crippen LogP contribution in [0.15, 0.2) is 24.3 Å². The Morgan fingerprint density at radius 2 is 1.85 bits per heavy atom. The fourth-order valence-corrected chi connectivity index (χ4v) is 3.13. The third-order valence-corrected chi connectivity index (χ3v) is 4.99. The maximum atomic E-state index is 13.4. The Kier molecular flexibility index (Phi) is 3.64. The first-order valence-electron chi connectivity index (χ1n) is 7.12. The number of benzene rings is 1. The van der Waals surface area contributed by atoms with Crippen LogP contribution in [-0.2, 0) is 5.60 Å². The number of hydrogen-bond acceptors (Lipinski definition) is 2. The van der Waals surface area contributed by atoms with Crippen LogP contribution in [0.5, 0.6) is 0 Å². The van der Waals surface area contributed by atoms with Crippen molar-refractivity contribution in [1.82, 2.24) is 0 Å². The summed E-state index contributed by atoms with van der Waals surface area (Å²) in [6.45, 7) is 6.01. The predicted molar refractivity (Wildman–Crippen MR) is 76.3 cm³/mol. The van der Waals surface area contributed by atoms with Gasteiger partial charge < -0.3 is 5.11 Å². The first-order chi connectivity index (χ1) is 9.22. The van der Waals surface area contributed by atoms with Crippen molar-refractivity contribution in [2.24, 2.45) is 10.8 Å². The average molecular weight is 275 g/mol. The highest BCUT2D eigenvalue weighted by molar-refractivity contribution is 5.29. The van der Waals surface area contributed by atoms with Gasteiger partial charge in [0.1, 0.15) is 11.4 Å². The molecule has 1 saturated carbocycles. The van der Waals surface area contributed by atoms with Gasteiger partial charge >= 0.3 is 0 Å². The van der Waals surface area contributed by atoms with E-state index in [9.17, 15) is 14.8 Å². The Balaban J connectivity index is 2.38. The van der Waals surface area contributed by atoms with E-state index in [1.54, 1.807) is 19.1 Å². The minimum absolute atomic E-state index is 0.207. The number of nitriles is 1. The molecule has 1 fully saturated rings. The van der Waals surface area contributed by atoms with Crippen LogP contribution < -0.4 is 0 Å². The number of halogens is 1. The van der Waals surface area contributed by atoms with Crippen LogP contribution in [0.1, 0.15) is 52.0 Å². The number of rotatable bonds is 2. The highest BCUT2D eigenvalue weighted by atomic mass is 19.1. The molecule has 1 aliphatic rings. The van der Waals surface area contributed by atoms with Crippen molar-refractivity contribution in [2.45, 2.75) is 52.1 Å². The first-order valence-corrected chi connectivity index (χ1v) is 7.12. The maximum Gasteiger partial charge on any atom is 0.123 e. The molecule has 108 valence electrons. The van der Waals surface area contributed by atoms with Crippen molar-refractivity contribution in [1.29, 1.82) is 5.26 Å². The quantitative estimate of drug-likeness (QED) is 0.881. The zero-order valence-corrected chi connectivity index (χ0v) is 12.4. The molecule has 1 aromatic carbocycles. The van der Waals surface area contributed by atoms with E-state index in [1.165, 1.54) is 12.1 Å². The van der Waals surface area contributed by atoms with Gasteiger partial charge in [0.15, 0.2) is 0 Å². The number of nitrogens with zero attached hydrogens (tertiary/aromatic N) is 1. The largest absolute Gasteiger partial charge is 0.384 e. The summed E-state index contributed by atoms with van der Waals surface area (Å²) >= 11 is 0. The van der Waals surface area contributed by atoms with Crippen LogP contribution in [0.2, 0.25) is 0 Å². The lowest BCUT2D eigenvalue weighted by atomic mass is 9.58. The summed E-state index contributed by atoms with van der Waals surface area (Å²) in [6, 6.07) is 8.30. The molecule has 20 heavy (non-hydrogen) atoms. The Morgan fingerprint density at radius 3 is 2.35 bits per heavy atom. The monoisotopic (exact) mass is 275 g/mol. The Bertz CT molecular complexity index is 532. The fourth-order valence-electron chi connectivity index (χ4n) is 3.13. The third kappa shape index (κ3) is 2.45. The Morgan fingerprint density at radius 1 is 1.25 bits per heavy atom. The van der Waals surface area contributed by atoms with Crippen molar-refractivity contribution in [3.63, 3.8) is 0 Å². The third-order valence-electron chi connectivity index (χ3n) is 4.99. The molecule has 1 unspecified atom stereocenters. The van der Waals surface area contributed by atoms with Gasteiger partial charge in [0.2, 0.25) is 0 Å². The first kappa shape index (κ1) is 15.0. The van der Waals surface area contributed by atoms with Crippen LogP contribution >= 0.6 is 0 Å². The standard InChI is InChI=1S/C17H22FNO/c1-15(2)7-9-17(12-19,10-8-15)16(3,20)13-5-4-6-14(18)11-13/h4-6,11,20H,7-10H2,1-3H3. The molecule has 2 rings (SSSR count). The van der Waals surface area contributed by atoms with E-state index >= 15 is 0 Å². The average Bonchev–Trinajstić information content (AvgIpc) is 2.39. The zero-order chi connectivity index (χ0) is 15.0. The Hall–Kier alpha value is -1.40. The predicted octanol–water partition coefficient (Wildman–Crippen LogP) is 4.14. The number of hydrogen-bond donors (Lipinski definition) is 1. The smallest absolute Gasteiger partial charge is 0.123 e. The van der Waals surface area contributed by atoms with Gasteiger partial charge in [-0.2, -0.15) is 5.26 Å². The van der Waals surface area contributed by atoms with Crippen LogP contribution in [0.3, 0.4) is 0 Å². The molecule has 0 saturated heterocycles. The van der Waals surface area contributed by atoms with Crippen molar-refractivity contribution in [3.8, 4) is 6.07 Å². The van der Waals surface area contributed by atoms with Gasteiger partial charge in [-0.1, -0.05) is 26.0 Å². The number of aliphatic hydroxyl groups is 1. The molecule has 1 atom stereocenters. The van der Waals surface area contributed by atoms with Crippen LogP contribution in [-0.4, -0.2) is 5.11 Å². The summed E-state index contributed by atoms with van der Waals surface area (Å²) in [5.74, 6) is -0.382. The SMILES string of the molecule is CC1(C)CCC(C#N)(C(C)(O)c2cccc(F)c2)CC1. The lowest BCUT2D eigenvalue weighted by Gasteiger charge is -2.47. The molecule has 0 radical (unpaired) electrons. The Labute approximate surface area is 120 Å². The summed E-state index contributed by atoms with van der Waals surface area (Å²) in [6.07, 6.45) is 3.07. The van der Waals surface area contributed by atoms with E-state index < -0.39 is 11.0 Å². The highest BCUT2D eigenvalue weighted by Crippen LogP contribution is 2.53. The minimum atomic E-state index is -1.33. The second-order valence-corrected chi connectivity index (χ2v) is 6.94. The molecule has 0 aromatic heterocycles. The molecule has 2 nitrogen and oxygen atoms in total. The second kappa shape index (κ2) is 4.86.